The summed E-state index contributed by atoms with van der Waals surface area (Å²) in [4.78, 5) is 11.7. The first-order chi connectivity index (χ1) is 10.00. The van der Waals surface area contributed by atoms with Crippen LogP contribution in [0.1, 0.15) is 26.3 Å². The Morgan fingerprint density at radius 2 is 1.91 bits per heavy atom. The number of carbonyl (C=O) groups excluding carboxylic acids is 1. The maximum atomic E-state index is 13.6. The molecular formula is C14H19F2NO5. The van der Waals surface area contributed by atoms with Gasteiger partial charge in [0.05, 0.1) is 12.8 Å². The first-order valence-electron chi connectivity index (χ1n) is 6.40. The third-order valence-electron chi connectivity index (χ3n) is 2.55. The second-order valence-electron chi connectivity index (χ2n) is 5.56. The van der Waals surface area contributed by atoms with Crippen LogP contribution in [-0.4, -0.2) is 35.6 Å². The Kier molecular flexibility index (Phi) is 5.18. The van der Waals surface area contributed by atoms with E-state index in [1.165, 1.54) is 7.11 Å². The van der Waals surface area contributed by atoms with Crippen LogP contribution >= 0.6 is 0 Å². The second-order valence-corrected chi connectivity index (χ2v) is 5.56. The lowest BCUT2D eigenvalue weighted by Gasteiger charge is -2.21. The van der Waals surface area contributed by atoms with Gasteiger partial charge in [0.15, 0.2) is 11.5 Å². The van der Waals surface area contributed by atoms with E-state index < -0.39 is 35.5 Å². The Labute approximate surface area is 126 Å². The average Bonchev–Trinajstić information content (AvgIpc) is 2.38. The maximum absolute atomic E-state index is 13.6. The van der Waals surface area contributed by atoms with Crippen LogP contribution in [-0.2, 0) is 10.7 Å². The normalized spacial score (nSPS) is 12.0. The van der Waals surface area contributed by atoms with Gasteiger partial charge in [-0.25, -0.2) is 4.79 Å². The number of ether oxygens (including phenoxy) is 2. The summed E-state index contributed by atoms with van der Waals surface area (Å²) in [6.45, 7) is 3.46. The van der Waals surface area contributed by atoms with Crippen LogP contribution in [0.5, 0.6) is 11.5 Å². The summed E-state index contributed by atoms with van der Waals surface area (Å²) in [7, 11) is 1.17. The van der Waals surface area contributed by atoms with Crippen molar-refractivity contribution in [2.45, 2.75) is 32.3 Å². The molecule has 3 N–H and O–H groups in total. The van der Waals surface area contributed by atoms with Crippen LogP contribution in [0.15, 0.2) is 12.1 Å². The van der Waals surface area contributed by atoms with Crippen molar-refractivity contribution in [1.29, 1.82) is 0 Å². The number of hydrogen-bond acceptors (Lipinski definition) is 5. The van der Waals surface area contributed by atoms with E-state index in [9.17, 15) is 18.7 Å². The molecule has 0 bridgehead atoms. The Morgan fingerprint density at radius 1 is 1.32 bits per heavy atom. The molecule has 8 heteroatoms. The van der Waals surface area contributed by atoms with Gasteiger partial charge in [-0.1, -0.05) is 0 Å². The van der Waals surface area contributed by atoms with Crippen molar-refractivity contribution in [2.75, 3.05) is 19.0 Å². The molecule has 0 aliphatic rings. The largest absolute Gasteiger partial charge is 0.503 e. The summed E-state index contributed by atoms with van der Waals surface area (Å²) >= 11 is 0. The highest BCUT2D eigenvalue weighted by molar-refractivity contribution is 5.88. The first kappa shape index (κ1) is 18.0. The summed E-state index contributed by atoms with van der Waals surface area (Å²) in [5.41, 5.74) is -1.72. The molecule has 0 aliphatic carbocycles. The SMILES string of the molecule is COc1cc(C(F)(F)CO)cc(NC(=O)OC(C)(C)C)c1O. The van der Waals surface area contributed by atoms with Gasteiger partial charge in [0.25, 0.3) is 5.92 Å². The van der Waals surface area contributed by atoms with Crippen LogP contribution < -0.4 is 10.1 Å². The number of nitrogens with one attached hydrogen (secondary N) is 1. The Balaban J connectivity index is 3.18. The fourth-order valence-corrected chi connectivity index (χ4v) is 1.57. The van der Waals surface area contributed by atoms with Gasteiger partial charge in [0.1, 0.15) is 12.2 Å². The number of methoxy groups -OCH3 is 1. The lowest BCUT2D eigenvalue weighted by Crippen LogP contribution is -2.27. The molecule has 0 spiro atoms. The minimum Gasteiger partial charge on any atom is -0.503 e. The van der Waals surface area contributed by atoms with Crippen molar-refractivity contribution in [3.8, 4) is 11.5 Å². The van der Waals surface area contributed by atoms with Gasteiger partial charge in [0, 0.05) is 5.56 Å². The van der Waals surface area contributed by atoms with Crippen LogP contribution in [0.3, 0.4) is 0 Å². The molecule has 124 valence electrons. The molecule has 1 aromatic carbocycles. The zero-order valence-electron chi connectivity index (χ0n) is 12.7. The van der Waals surface area contributed by atoms with E-state index in [0.717, 1.165) is 12.1 Å². The van der Waals surface area contributed by atoms with E-state index in [1.807, 2.05) is 0 Å². The zero-order chi connectivity index (χ0) is 17.1. The highest BCUT2D eigenvalue weighted by Gasteiger charge is 2.33. The summed E-state index contributed by atoms with van der Waals surface area (Å²) in [5.74, 6) is -4.34. The molecule has 0 saturated heterocycles. The number of hydrogen-bond donors (Lipinski definition) is 3. The molecule has 0 heterocycles. The highest BCUT2D eigenvalue weighted by atomic mass is 19.3. The Morgan fingerprint density at radius 3 is 2.36 bits per heavy atom. The second kappa shape index (κ2) is 6.35. The number of alkyl halides is 2. The number of benzene rings is 1. The quantitative estimate of drug-likeness (QED) is 0.743. The van der Waals surface area contributed by atoms with Gasteiger partial charge in [0.2, 0.25) is 0 Å². The van der Waals surface area contributed by atoms with Crippen molar-refractivity contribution in [1.82, 2.24) is 0 Å². The van der Waals surface area contributed by atoms with Crippen LogP contribution in [0, 0.1) is 0 Å². The number of amides is 1. The number of halogens is 2. The van der Waals surface area contributed by atoms with Crippen LogP contribution in [0.4, 0.5) is 19.3 Å². The number of carbonyl (C=O) groups is 1. The first-order valence-corrected chi connectivity index (χ1v) is 6.40. The fraction of sp³-hybridized carbons (Fsp3) is 0.500. The van der Waals surface area contributed by atoms with Gasteiger partial charge in [-0.2, -0.15) is 8.78 Å². The molecule has 1 aromatic rings. The molecule has 0 atom stereocenters. The number of phenolic OH excluding ortho intramolecular Hbond substituents is 1. The predicted molar refractivity (Wildman–Crippen MR) is 75.5 cm³/mol. The van der Waals surface area contributed by atoms with Gasteiger partial charge >= 0.3 is 6.09 Å². The molecule has 0 radical (unpaired) electrons. The summed E-state index contributed by atoms with van der Waals surface area (Å²) in [6.07, 6.45) is -0.922. The number of aromatic hydroxyl groups is 1. The van der Waals surface area contributed by atoms with E-state index in [2.05, 4.69) is 5.32 Å². The van der Waals surface area contributed by atoms with E-state index in [-0.39, 0.29) is 11.4 Å². The standard InChI is InChI=1S/C14H19F2NO5/c1-13(2,3)22-12(20)17-9-5-8(14(15,16)7-18)6-10(21-4)11(9)19/h5-6,18-19H,7H2,1-4H3,(H,17,20). The van der Waals surface area contributed by atoms with E-state index in [4.69, 9.17) is 14.6 Å². The predicted octanol–water partition coefficient (Wildman–Crippen LogP) is 2.83. The van der Waals surface area contributed by atoms with E-state index in [1.54, 1.807) is 20.8 Å². The monoisotopic (exact) mass is 319 g/mol. The van der Waals surface area contributed by atoms with E-state index >= 15 is 0 Å². The van der Waals surface area contributed by atoms with Crippen molar-refractivity contribution in [3.05, 3.63) is 17.7 Å². The molecule has 0 fully saturated rings. The van der Waals surface area contributed by atoms with Crippen molar-refractivity contribution < 1.29 is 33.3 Å². The molecule has 1 amide bonds. The number of rotatable bonds is 4. The molecule has 0 saturated carbocycles. The number of aliphatic hydroxyl groups excluding tert-OH is 1. The third-order valence-corrected chi connectivity index (χ3v) is 2.55. The molecule has 6 nitrogen and oxygen atoms in total. The van der Waals surface area contributed by atoms with Gasteiger partial charge in [-0.05, 0) is 32.9 Å². The number of aliphatic hydroxyl groups is 1. The summed E-state index contributed by atoms with van der Waals surface area (Å²) in [6, 6.07) is 1.73. The minimum atomic E-state index is -3.55. The number of phenols is 1. The molecule has 22 heavy (non-hydrogen) atoms. The van der Waals surface area contributed by atoms with Gasteiger partial charge in [-0.15, -0.1) is 0 Å². The van der Waals surface area contributed by atoms with Crippen LogP contribution in [0.2, 0.25) is 0 Å². The number of anilines is 1. The summed E-state index contributed by atoms with van der Waals surface area (Å²) in [5, 5.41) is 20.8. The molecular weight excluding hydrogens is 300 g/mol. The Bertz CT molecular complexity index is 555. The average molecular weight is 319 g/mol. The van der Waals surface area contributed by atoms with Crippen molar-refractivity contribution in [2.24, 2.45) is 0 Å². The van der Waals surface area contributed by atoms with Crippen molar-refractivity contribution >= 4 is 11.8 Å². The topological polar surface area (TPSA) is 88.0 Å². The van der Waals surface area contributed by atoms with Gasteiger partial charge in [-0.3, -0.25) is 5.32 Å². The minimum absolute atomic E-state index is 0.267. The lowest BCUT2D eigenvalue weighted by atomic mass is 10.1. The van der Waals surface area contributed by atoms with Gasteiger partial charge < -0.3 is 19.7 Å². The molecule has 1 rings (SSSR count). The zero-order valence-corrected chi connectivity index (χ0v) is 12.7. The van der Waals surface area contributed by atoms with E-state index in [0.29, 0.717) is 0 Å². The molecule has 0 aliphatic heterocycles. The smallest absolute Gasteiger partial charge is 0.412 e. The lowest BCUT2D eigenvalue weighted by molar-refractivity contribution is -0.0557. The Hall–Kier alpha value is -2.09. The third kappa shape index (κ3) is 4.45. The highest BCUT2D eigenvalue weighted by Crippen LogP contribution is 2.40. The van der Waals surface area contributed by atoms with Crippen molar-refractivity contribution in [3.63, 3.8) is 0 Å². The molecule has 0 unspecified atom stereocenters. The molecule has 0 aromatic heterocycles. The maximum Gasteiger partial charge on any atom is 0.412 e. The summed E-state index contributed by atoms with van der Waals surface area (Å²) < 4.78 is 37.0. The fourth-order valence-electron chi connectivity index (χ4n) is 1.57. The van der Waals surface area contributed by atoms with Crippen LogP contribution in [0.25, 0.3) is 0 Å².